The van der Waals surface area contributed by atoms with Crippen molar-refractivity contribution in [3.8, 4) is 0 Å². The number of hydrogen-bond donors (Lipinski definition) is 2. The molecule has 0 spiro atoms. The first-order chi connectivity index (χ1) is 12.0. The van der Waals surface area contributed by atoms with Crippen LogP contribution in [-0.2, 0) is 16.0 Å². The fraction of sp³-hybridized carbons (Fsp3) is 0.789. The molecular formula is C19H31N3O3. The van der Waals surface area contributed by atoms with E-state index in [0.29, 0.717) is 31.4 Å². The second kappa shape index (κ2) is 7.87. The maximum atomic E-state index is 13.1. The van der Waals surface area contributed by atoms with Crippen molar-refractivity contribution in [2.45, 2.75) is 58.4 Å². The van der Waals surface area contributed by atoms with Crippen molar-refractivity contribution >= 4 is 5.91 Å². The van der Waals surface area contributed by atoms with Gasteiger partial charge in [0.15, 0.2) is 0 Å². The highest BCUT2D eigenvalue weighted by Gasteiger charge is 2.41. The van der Waals surface area contributed by atoms with E-state index in [1.807, 2.05) is 6.07 Å². The Morgan fingerprint density at radius 1 is 1.48 bits per heavy atom. The number of rotatable bonds is 6. The van der Waals surface area contributed by atoms with Gasteiger partial charge in [0.05, 0.1) is 17.7 Å². The molecule has 0 bridgehead atoms. The standard InChI is InChI=1S/C19H31N3O3/c1-13(2)14(3)21-18(23)19(6-4-7-20-12-19)10-16-9-17(22-25-16)15-5-8-24-11-15/h9,13-15,20H,4-8,10-12H2,1-3H3,(H,21,23)/t14-,15-,19-/m0/s1. The number of carbonyl (C=O) groups is 1. The van der Waals surface area contributed by atoms with Gasteiger partial charge in [-0.2, -0.15) is 0 Å². The first-order valence-electron chi connectivity index (χ1n) is 9.55. The van der Waals surface area contributed by atoms with Gasteiger partial charge in [-0.15, -0.1) is 0 Å². The number of nitrogens with one attached hydrogen (secondary N) is 2. The first-order valence-corrected chi connectivity index (χ1v) is 9.55. The largest absolute Gasteiger partial charge is 0.381 e. The van der Waals surface area contributed by atoms with E-state index in [2.05, 4.69) is 36.6 Å². The Morgan fingerprint density at radius 3 is 2.96 bits per heavy atom. The van der Waals surface area contributed by atoms with E-state index < -0.39 is 5.41 Å². The van der Waals surface area contributed by atoms with Gasteiger partial charge in [0.25, 0.3) is 0 Å². The molecule has 2 fully saturated rings. The number of piperidine rings is 1. The summed E-state index contributed by atoms with van der Waals surface area (Å²) in [7, 11) is 0. The number of aromatic nitrogens is 1. The molecule has 2 aliphatic rings. The van der Waals surface area contributed by atoms with Crippen molar-refractivity contribution in [1.29, 1.82) is 0 Å². The van der Waals surface area contributed by atoms with Crippen LogP contribution in [0.1, 0.15) is 57.4 Å². The van der Waals surface area contributed by atoms with E-state index in [0.717, 1.165) is 43.9 Å². The third-order valence-electron chi connectivity index (χ3n) is 5.75. The summed E-state index contributed by atoms with van der Waals surface area (Å²) in [5, 5.41) is 10.8. The molecule has 6 nitrogen and oxygen atoms in total. The number of amides is 1. The van der Waals surface area contributed by atoms with Crippen molar-refractivity contribution in [3.05, 3.63) is 17.5 Å². The minimum atomic E-state index is -0.454. The molecule has 2 aliphatic heterocycles. The van der Waals surface area contributed by atoms with Gasteiger partial charge in [-0.1, -0.05) is 19.0 Å². The number of nitrogens with zero attached hydrogens (tertiary/aromatic N) is 1. The maximum absolute atomic E-state index is 13.1. The van der Waals surface area contributed by atoms with E-state index >= 15 is 0 Å². The molecule has 0 saturated carbocycles. The maximum Gasteiger partial charge on any atom is 0.228 e. The second-order valence-corrected chi connectivity index (χ2v) is 8.02. The summed E-state index contributed by atoms with van der Waals surface area (Å²) in [5.74, 6) is 1.67. The predicted octanol–water partition coefficient (Wildman–Crippen LogP) is 2.25. The summed E-state index contributed by atoms with van der Waals surface area (Å²) in [6.45, 7) is 9.48. The Labute approximate surface area is 150 Å². The van der Waals surface area contributed by atoms with Crippen molar-refractivity contribution in [3.63, 3.8) is 0 Å². The molecule has 0 aliphatic carbocycles. The van der Waals surface area contributed by atoms with Crippen LogP contribution in [0.2, 0.25) is 0 Å². The van der Waals surface area contributed by atoms with Crippen LogP contribution in [0.4, 0.5) is 0 Å². The van der Waals surface area contributed by atoms with Crippen LogP contribution < -0.4 is 10.6 Å². The molecule has 1 aromatic heterocycles. The monoisotopic (exact) mass is 349 g/mol. The summed E-state index contributed by atoms with van der Waals surface area (Å²) in [6.07, 6.45) is 3.46. The van der Waals surface area contributed by atoms with Crippen molar-refractivity contribution in [2.75, 3.05) is 26.3 Å². The van der Waals surface area contributed by atoms with Crippen LogP contribution in [0.5, 0.6) is 0 Å². The zero-order valence-corrected chi connectivity index (χ0v) is 15.6. The van der Waals surface area contributed by atoms with Gasteiger partial charge < -0.3 is 19.9 Å². The van der Waals surface area contributed by atoms with Crippen LogP contribution in [0.25, 0.3) is 0 Å². The summed E-state index contributed by atoms with van der Waals surface area (Å²) in [5.41, 5.74) is 0.507. The van der Waals surface area contributed by atoms with Gasteiger partial charge in [-0.3, -0.25) is 4.79 Å². The minimum absolute atomic E-state index is 0.128. The number of hydrogen-bond acceptors (Lipinski definition) is 5. The zero-order chi connectivity index (χ0) is 17.9. The van der Waals surface area contributed by atoms with Gasteiger partial charge in [0.1, 0.15) is 5.76 Å². The molecule has 2 N–H and O–H groups in total. The Kier molecular flexibility index (Phi) is 5.79. The lowest BCUT2D eigenvalue weighted by molar-refractivity contribution is -0.133. The molecule has 3 atom stereocenters. The topological polar surface area (TPSA) is 76.4 Å². The summed E-state index contributed by atoms with van der Waals surface area (Å²) in [4.78, 5) is 13.1. The lowest BCUT2D eigenvalue weighted by Crippen LogP contribution is -2.54. The van der Waals surface area contributed by atoms with Crippen molar-refractivity contribution in [2.24, 2.45) is 11.3 Å². The molecule has 1 aromatic rings. The Balaban J connectivity index is 1.73. The van der Waals surface area contributed by atoms with Crippen LogP contribution in [0.3, 0.4) is 0 Å². The van der Waals surface area contributed by atoms with Gasteiger partial charge >= 0.3 is 0 Å². The van der Waals surface area contributed by atoms with E-state index in [9.17, 15) is 4.79 Å². The molecule has 1 amide bonds. The highest BCUT2D eigenvalue weighted by atomic mass is 16.5. The Hall–Kier alpha value is -1.40. The van der Waals surface area contributed by atoms with Gasteiger partial charge in [-0.25, -0.2) is 0 Å². The SMILES string of the molecule is CC(C)[C@H](C)NC(=O)[C@]1(Cc2cc([C@H]3CCOC3)no2)CCCNC1. The smallest absolute Gasteiger partial charge is 0.228 e. The normalized spacial score (nSPS) is 28.2. The van der Waals surface area contributed by atoms with Crippen LogP contribution >= 0.6 is 0 Å². The van der Waals surface area contributed by atoms with Crippen molar-refractivity contribution < 1.29 is 14.1 Å². The fourth-order valence-corrected chi connectivity index (χ4v) is 3.63. The minimum Gasteiger partial charge on any atom is -0.381 e. The fourth-order valence-electron chi connectivity index (χ4n) is 3.63. The lowest BCUT2D eigenvalue weighted by atomic mass is 9.75. The average Bonchev–Trinajstić information content (AvgIpc) is 3.26. The highest BCUT2D eigenvalue weighted by molar-refractivity contribution is 5.83. The molecule has 3 heterocycles. The van der Waals surface area contributed by atoms with E-state index in [1.54, 1.807) is 0 Å². The molecule has 0 radical (unpaired) electrons. The van der Waals surface area contributed by atoms with Gasteiger partial charge in [0, 0.05) is 37.6 Å². The Bertz CT molecular complexity index is 572. The summed E-state index contributed by atoms with van der Waals surface area (Å²) < 4.78 is 11.0. The molecule has 3 rings (SSSR count). The quantitative estimate of drug-likeness (QED) is 0.824. The summed E-state index contributed by atoms with van der Waals surface area (Å²) in [6, 6.07) is 2.18. The molecule has 25 heavy (non-hydrogen) atoms. The number of ether oxygens (including phenoxy) is 1. The zero-order valence-electron chi connectivity index (χ0n) is 15.6. The molecule has 0 aromatic carbocycles. The van der Waals surface area contributed by atoms with Crippen LogP contribution in [0, 0.1) is 11.3 Å². The molecular weight excluding hydrogens is 318 g/mol. The lowest BCUT2D eigenvalue weighted by Gasteiger charge is -2.37. The summed E-state index contributed by atoms with van der Waals surface area (Å²) >= 11 is 0. The molecule has 140 valence electrons. The number of carbonyl (C=O) groups excluding carboxylic acids is 1. The average molecular weight is 349 g/mol. The van der Waals surface area contributed by atoms with Crippen LogP contribution in [-0.4, -0.2) is 43.4 Å². The van der Waals surface area contributed by atoms with Crippen LogP contribution in [0.15, 0.2) is 10.6 Å². The van der Waals surface area contributed by atoms with E-state index in [1.165, 1.54) is 0 Å². The molecule has 2 saturated heterocycles. The predicted molar refractivity (Wildman–Crippen MR) is 95.4 cm³/mol. The van der Waals surface area contributed by atoms with E-state index in [-0.39, 0.29) is 11.9 Å². The second-order valence-electron chi connectivity index (χ2n) is 8.02. The third-order valence-corrected chi connectivity index (χ3v) is 5.75. The van der Waals surface area contributed by atoms with E-state index in [4.69, 9.17) is 9.26 Å². The van der Waals surface area contributed by atoms with Gasteiger partial charge in [0.2, 0.25) is 5.91 Å². The first kappa shape index (κ1) is 18.4. The highest BCUT2D eigenvalue weighted by Crippen LogP contribution is 2.33. The Morgan fingerprint density at radius 2 is 2.32 bits per heavy atom. The third kappa shape index (κ3) is 4.23. The molecule has 6 heteroatoms. The van der Waals surface area contributed by atoms with Gasteiger partial charge in [-0.05, 0) is 38.6 Å². The molecule has 0 unspecified atom stereocenters. The van der Waals surface area contributed by atoms with Crippen molar-refractivity contribution in [1.82, 2.24) is 15.8 Å².